The second-order valence-corrected chi connectivity index (χ2v) is 5.68. The SMILES string of the molecule is COCCOc1ccccc1C1CC(c2cccc(N)c2)NN1. The molecule has 0 radical (unpaired) electrons. The molecule has 5 heteroatoms. The third-order valence-corrected chi connectivity index (χ3v) is 4.06. The van der Waals surface area contributed by atoms with E-state index in [2.05, 4.69) is 23.0 Å². The Morgan fingerprint density at radius 2 is 1.87 bits per heavy atom. The van der Waals surface area contributed by atoms with Crippen LogP contribution in [0.25, 0.3) is 0 Å². The summed E-state index contributed by atoms with van der Waals surface area (Å²) in [7, 11) is 1.67. The predicted molar refractivity (Wildman–Crippen MR) is 91.0 cm³/mol. The fourth-order valence-electron chi connectivity index (χ4n) is 2.89. The van der Waals surface area contributed by atoms with E-state index in [1.165, 1.54) is 5.56 Å². The summed E-state index contributed by atoms with van der Waals surface area (Å²) in [5.74, 6) is 0.900. The third kappa shape index (κ3) is 3.82. The van der Waals surface area contributed by atoms with Crippen molar-refractivity contribution in [3.05, 3.63) is 59.7 Å². The van der Waals surface area contributed by atoms with Gasteiger partial charge in [0, 0.05) is 24.4 Å². The summed E-state index contributed by atoms with van der Waals surface area (Å²) in [6.45, 7) is 1.13. The number of para-hydroxylation sites is 1. The Hall–Kier alpha value is -2.08. The molecule has 2 atom stereocenters. The first kappa shape index (κ1) is 15.8. The molecule has 4 N–H and O–H groups in total. The molecule has 0 aromatic heterocycles. The van der Waals surface area contributed by atoms with E-state index < -0.39 is 0 Å². The second-order valence-electron chi connectivity index (χ2n) is 5.68. The van der Waals surface area contributed by atoms with Gasteiger partial charge in [-0.1, -0.05) is 30.3 Å². The summed E-state index contributed by atoms with van der Waals surface area (Å²) in [4.78, 5) is 0. The van der Waals surface area contributed by atoms with Gasteiger partial charge < -0.3 is 15.2 Å². The van der Waals surface area contributed by atoms with Gasteiger partial charge in [-0.2, -0.15) is 0 Å². The van der Waals surface area contributed by atoms with E-state index in [0.29, 0.717) is 13.2 Å². The van der Waals surface area contributed by atoms with Crippen LogP contribution in [0, 0.1) is 0 Å². The van der Waals surface area contributed by atoms with Crippen LogP contribution < -0.4 is 21.3 Å². The molecule has 1 aliphatic heterocycles. The Kier molecular flexibility index (Phi) is 5.12. The van der Waals surface area contributed by atoms with Crippen molar-refractivity contribution < 1.29 is 9.47 Å². The van der Waals surface area contributed by atoms with Crippen LogP contribution in [-0.4, -0.2) is 20.3 Å². The first-order valence-electron chi connectivity index (χ1n) is 7.85. The number of benzene rings is 2. The van der Waals surface area contributed by atoms with Crippen LogP contribution in [0.2, 0.25) is 0 Å². The zero-order chi connectivity index (χ0) is 16.1. The average Bonchev–Trinajstić information content (AvgIpc) is 3.05. The standard InChI is InChI=1S/C18H23N3O2/c1-22-9-10-23-18-8-3-2-7-15(18)17-12-16(20-21-17)13-5-4-6-14(19)11-13/h2-8,11,16-17,20-21H,9-10,12,19H2,1H3. The lowest BCUT2D eigenvalue weighted by Gasteiger charge is -2.16. The molecule has 122 valence electrons. The van der Waals surface area contributed by atoms with Crippen LogP contribution in [0.5, 0.6) is 5.75 Å². The van der Waals surface area contributed by atoms with Gasteiger partial charge in [-0.3, -0.25) is 0 Å². The molecule has 1 aliphatic rings. The minimum absolute atomic E-state index is 0.195. The van der Waals surface area contributed by atoms with Crippen molar-refractivity contribution in [3.8, 4) is 5.75 Å². The summed E-state index contributed by atoms with van der Waals surface area (Å²) in [5, 5.41) is 0. The van der Waals surface area contributed by atoms with Gasteiger partial charge in [-0.25, -0.2) is 10.9 Å². The number of nitrogen functional groups attached to an aromatic ring is 1. The highest BCUT2D eigenvalue weighted by molar-refractivity contribution is 5.42. The third-order valence-electron chi connectivity index (χ3n) is 4.06. The lowest BCUT2D eigenvalue weighted by molar-refractivity contribution is 0.145. The largest absolute Gasteiger partial charge is 0.491 e. The van der Waals surface area contributed by atoms with Crippen LogP contribution in [0.3, 0.4) is 0 Å². The van der Waals surface area contributed by atoms with E-state index in [0.717, 1.165) is 23.4 Å². The number of hydrogen-bond acceptors (Lipinski definition) is 5. The monoisotopic (exact) mass is 313 g/mol. The van der Waals surface area contributed by atoms with Crippen LogP contribution in [0.15, 0.2) is 48.5 Å². The number of anilines is 1. The van der Waals surface area contributed by atoms with Gasteiger partial charge in [0.05, 0.1) is 12.6 Å². The Bertz CT molecular complexity index is 648. The van der Waals surface area contributed by atoms with Crippen LogP contribution in [0.1, 0.15) is 29.6 Å². The summed E-state index contributed by atoms with van der Waals surface area (Å²) in [6, 6.07) is 16.6. The van der Waals surface area contributed by atoms with E-state index in [1.807, 2.05) is 36.4 Å². The number of nitrogens with two attached hydrogens (primary N) is 1. The molecule has 0 spiro atoms. The Morgan fingerprint density at radius 3 is 2.70 bits per heavy atom. The zero-order valence-electron chi connectivity index (χ0n) is 13.3. The minimum atomic E-state index is 0.195. The molecular formula is C18H23N3O2. The van der Waals surface area contributed by atoms with E-state index in [9.17, 15) is 0 Å². The maximum Gasteiger partial charge on any atom is 0.124 e. The Morgan fingerprint density at radius 1 is 1.04 bits per heavy atom. The van der Waals surface area contributed by atoms with Gasteiger partial charge in [0.2, 0.25) is 0 Å². The van der Waals surface area contributed by atoms with E-state index in [-0.39, 0.29) is 12.1 Å². The molecule has 23 heavy (non-hydrogen) atoms. The topological polar surface area (TPSA) is 68.5 Å². The number of hydrazine groups is 1. The normalized spacial score (nSPS) is 20.6. The van der Waals surface area contributed by atoms with Gasteiger partial charge in [0.1, 0.15) is 12.4 Å². The lowest BCUT2D eigenvalue weighted by Crippen LogP contribution is -2.27. The highest BCUT2D eigenvalue weighted by Crippen LogP contribution is 2.35. The number of methoxy groups -OCH3 is 1. The first-order valence-corrected chi connectivity index (χ1v) is 7.85. The summed E-state index contributed by atoms with van der Waals surface area (Å²) in [6.07, 6.45) is 0.939. The molecule has 1 heterocycles. The van der Waals surface area contributed by atoms with E-state index in [4.69, 9.17) is 15.2 Å². The molecule has 1 fully saturated rings. The van der Waals surface area contributed by atoms with Crippen LogP contribution in [0.4, 0.5) is 5.69 Å². The molecule has 1 saturated heterocycles. The molecule has 0 amide bonds. The van der Waals surface area contributed by atoms with Crippen molar-refractivity contribution in [2.24, 2.45) is 0 Å². The fourth-order valence-corrected chi connectivity index (χ4v) is 2.89. The van der Waals surface area contributed by atoms with Gasteiger partial charge in [-0.05, 0) is 30.2 Å². The summed E-state index contributed by atoms with van der Waals surface area (Å²) < 4.78 is 10.9. The number of ether oxygens (including phenoxy) is 2. The Balaban J connectivity index is 1.71. The molecule has 2 aromatic carbocycles. The lowest BCUT2D eigenvalue weighted by atomic mass is 9.97. The zero-order valence-corrected chi connectivity index (χ0v) is 13.3. The molecule has 2 aromatic rings. The van der Waals surface area contributed by atoms with E-state index >= 15 is 0 Å². The van der Waals surface area contributed by atoms with Crippen LogP contribution >= 0.6 is 0 Å². The predicted octanol–water partition coefficient (Wildman–Crippen LogP) is 2.57. The van der Waals surface area contributed by atoms with Gasteiger partial charge >= 0.3 is 0 Å². The average molecular weight is 313 g/mol. The highest BCUT2D eigenvalue weighted by atomic mass is 16.5. The molecule has 5 nitrogen and oxygen atoms in total. The first-order chi connectivity index (χ1) is 11.3. The number of rotatable bonds is 6. The molecule has 0 aliphatic carbocycles. The van der Waals surface area contributed by atoms with Crippen molar-refractivity contribution in [2.45, 2.75) is 18.5 Å². The smallest absolute Gasteiger partial charge is 0.124 e. The van der Waals surface area contributed by atoms with Gasteiger partial charge in [0.15, 0.2) is 0 Å². The molecule has 3 rings (SSSR count). The number of nitrogens with one attached hydrogen (secondary N) is 2. The summed E-state index contributed by atoms with van der Waals surface area (Å²) in [5.41, 5.74) is 15.7. The molecule has 2 unspecified atom stereocenters. The van der Waals surface area contributed by atoms with Crippen molar-refractivity contribution in [1.29, 1.82) is 0 Å². The fraction of sp³-hybridized carbons (Fsp3) is 0.333. The summed E-state index contributed by atoms with van der Waals surface area (Å²) >= 11 is 0. The van der Waals surface area contributed by atoms with Gasteiger partial charge in [0.25, 0.3) is 0 Å². The molecule has 0 bridgehead atoms. The van der Waals surface area contributed by atoms with Crippen LogP contribution in [-0.2, 0) is 4.74 Å². The molecule has 0 saturated carbocycles. The van der Waals surface area contributed by atoms with Crippen molar-refractivity contribution in [2.75, 3.05) is 26.1 Å². The maximum absolute atomic E-state index is 5.88. The van der Waals surface area contributed by atoms with Crippen molar-refractivity contribution in [1.82, 2.24) is 10.9 Å². The maximum atomic E-state index is 5.88. The van der Waals surface area contributed by atoms with Gasteiger partial charge in [-0.15, -0.1) is 0 Å². The number of hydrogen-bond donors (Lipinski definition) is 3. The Labute approximate surface area is 136 Å². The second kappa shape index (κ2) is 7.46. The molecular weight excluding hydrogens is 290 g/mol. The van der Waals surface area contributed by atoms with Crippen molar-refractivity contribution in [3.63, 3.8) is 0 Å². The van der Waals surface area contributed by atoms with E-state index in [1.54, 1.807) is 7.11 Å². The highest BCUT2D eigenvalue weighted by Gasteiger charge is 2.28. The minimum Gasteiger partial charge on any atom is -0.491 e. The van der Waals surface area contributed by atoms with Crippen molar-refractivity contribution >= 4 is 5.69 Å². The quantitative estimate of drug-likeness (QED) is 0.565.